The van der Waals surface area contributed by atoms with Gasteiger partial charge in [-0.1, -0.05) is 20.4 Å². The van der Waals surface area contributed by atoms with Crippen LogP contribution in [0.3, 0.4) is 0 Å². The Hall–Kier alpha value is -0.540. The van der Waals surface area contributed by atoms with Crippen molar-refractivity contribution in [2.75, 3.05) is 0 Å². The molecule has 3 bridgehead atoms. The van der Waals surface area contributed by atoms with Crippen LogP contribution in [0.15, 0.2) is 12.3 Å². The van der Waals surface area contributed by atoms with E-state index in [1.807, 2.05) is 0 Å². The molecule has 72 valence electrons. The molecule has 3 nitrogen and oxygen atoms in total. The molecule has 13 heavy (non-hydrogen) atoms. The number of rotatable bonds is 0. The van der Waals surface area contributed by atoms with Crippen molar-refractivity contribution in [2.24, 2.45) is 11.8 Å². The fourth-order valence-corrected chi connectivity index (χ4v) is 2.73. The van der Waals surface area contributed by atoms with Crippen LogP contribution in [-0.2, 0) is 14.2 Å². The third kappa shape index (κ3) is 0.816. The minimum absolute atomic E-state index is 0.0462. The van der Waals surface area contributed by atoms with E-state index < -0.39 is 0 Å². The summed E-state index contributed by atoms with van der Waals surface area (Å²) >= 11 is 0. The van der Waals surface area contributed by atoms with Gasteiger partial charge in [-0.2, -0.15) is 0 Å². The summed E-state index contributed by atoms with van der Waals surface area (Å²) in [7, 11) is 0. The molecule has 3 fully saturated rings. The molecule has 0 spiro atoms. The Labute approximate surface area is 77.7 Å². The van der Waals surface area contributed by atoms with Crippen molar-refractivity contribution in [3.8, 4) is 0 Å². The predicted octanol–water partition coefficient (Wildman–Crippen LogP) is 1.29. The van der Waals surface area contributed by atoms with Crippen molar-refractivity contribution in [1.29, 1.82) is 0 Å². The molecule has 0 aromatic heterocycles. The summed E-state index contributed by atoms with van der Waals surface area (Å²) < 4.78 is 17.2. The third-order valence-electron chi connectivity index (χ3n) is 3.48. The second kappa shape index (κ2) is 2.28. The van der Waals surface area contributed by atoms with Crippen LogP contribution in [0.2, 0.25) is 0 Å². The maximum Gasteiger partial charge on any atom is 0.226 e. The predicted molar refractivity (Wildman–Crippen MR) is 45.9 cm³/mol. The second-order valence-corrected chi connectivity index (χ2v) is 4.29. The molecule has 3 saturated heterocycles. The zero-order valence-electron chi connectivity index (χ0n) is 7.90. The Morgan fingerprint density at radius 2 is 1.85 bits per heavy atom. The minimum Gasteiger partial charge on any atom is -0.464 e. The lowest BCUT2D eigenvalue weighted by Crippen LogP contribution is -2.49. The van der Waals surface area contributed by atoms with Crippen molar-refractivity contribution in [3.05, 3.63) is 12.3 Å². The molecule has 0 aliphatic carbocycles. The summed E-state index contributed by atoms with van der Waals surface area (Å²) in [5.41, 5.74) is 0. The van der Waals surface area contributed by atoms with Gasteiger partial charge in [-0.15, -0.1) is 0 Å². The van der Waals surface area contributed by atoms with Crippen LogP contribution in [0.1, 0.15) is 13.8 Å². The third-order valence-corrected chi connectivity index (χ3v) is 3.48. The second-order valence-electron chi connectivity index (χ2n) is 4.29. The summed E-state index contributed by atoms with van der Waals surface area (Å²) in [6.07, 6.45) is 0.253. The fraction of sp³-hybridized carbons (Fsp3) is 0.800. The van der Waals surface area contributed by atoms with Crippen molar-refractivity contribution >= 4 is 0 Å². The molecule has 0 aromatic rings. The minimum atomic E-state index is -0.200. The Bertz CT molecular complexity index is 263. The molecule has 0 aromatic carbocycles. The van der Waals surface area contributed by atoms with Gasteiger partial charge in [-0.3, -0.25) is 0 Å². The molecule has 6 atom stereocenters. The number of hydrogen-bond donors (Lipinski definition) is 0. The van der Waals surface area contributed by atoms with Crippen molar-refractivity contribution in [2.45, 2.75) is 38.4 Å². The van der Waals surface area contributed by atoms with E-state index >= 15 is 0 Å². The standard InChI is InChI=1S/C10H14O3/c1-4-7-5(2)9-10(13-7)11-6(3)8(4)12-9/h4-5,7-10H,3H2,1-2H3/t4-,5?,7?,8?,9-,10?/m0/s1. The average molecular weight is 182 g/mol. The molecule has 0 amide bonds. The summed E-state index contributed by atoms with van der Waals surface area (Å²) in [5.74, 6) is 1.55. The molecule has 4 unspecified atom stereocenters. The number of hydrogen-bond acceptors (Lipinski definition) is 3. The summed E-state index contributed by atoms with van der Waals surface area (Å²) in [4.78, 5) is 0. The topological polar surface area (TPSA) is 27.7 Å². The van der Waals surface area contributed by atoms with Crippen LogP contribution < -0.4 is 0 Å². The molecule has 3 heteroatoms. The van der Waals surface area contributed by atoms with Gasteiger partial charge in [0, 0.05) is 11.8 Å². The molecule has 3 aliphatic rings. The highest BCUT2D eigenvalue weighted by Crippen LogP contribution is 2.47. The van der Waals surface area contributed by atoms with Gasteiger partial charge in [0.1, 0.15) is 18.0 Å². The van der Waals surface area contributed by atoms with Gasteiger partial charge in [0.25, 0.3) is 0 Å². The Kier molecular flexibility index (Phi) is 1.37. The van der Waals surface area contributed by atoms with E-state index in [2.05, 4.69) is 20.4 Å². The SMILES string of the molecule is C=C1OC2OC3C(C)[C@@H]2OC1[C@H]3C. The normalized spacial score (nSPS) is 58.2. The summed E-state index contributed by atoms with van der Waals surface area (Å²) in [6.45, 7) is 8.17. The van der Waals surface area contributed by atoms with Crippen LogP contribution in [0.25, 0.3) is 0 Å². The largest absolute Gasteiger partial charge is 0.464 e. The van der Waals surface area contributed by atoms with Gasteiger partial charge in [0.05, 0.1) is 6.10 Å². The molecular formula is C10H14O3. The van der Waals surface area contributed by atoms with Gasteiger partial charge in [0.2, 0.25) is 6.29 Å². The first-order valence-electron chi connectivity index (χ1n) is 4.85. The van der Waals surface area contributed by atoms with Crippen molar-refractivity contribution in [3.63, 3.8) is 0 Å². The van der Waals surface area contributed by atoms with E-state index in [9.17, 15) is 0 Å². The molecule has 0 saturated carbocycles. The molecule has 0 N–H and O–H groups in total. The van der Waals surface area contributed by atoms with Gasteiger partial charge >= 0.3 is 0 Å². The van der Waals surface area contributed by atoms with Crippen molar-refractivity contribution < 1.29 is 14.2 Å². The van der Waals surface area contributed by atoms with Crippen LogP contribution in [0.4, 0.5) is 0 Å². The first-order valence-corrected chi connectivity index (χ1v) is 4.85. The Morgan fingerprint density at radius 1 is 1.08 bits per heavy atom. The number of fused-ring (bicyclic) bond motifs is 2. The monoisotopic (exact) mass is 182 g/mol. The highest BCUT2D eigenvalue weighted by atomic mass is 16.7. The fourth-order valence-electron chi connectivity index (χ4n) is 2.73. The van der Waals surface area contributed by atoms with E-state index in [-0.39, 0.29) is 24.6 Å². The highest BCUT2D eigenvalue weighted by molar-refractivity contribution is 5.10. The maximum absolute atomic E-state index is 5.86. The van der Waals surface area contributed by atoms with E-state index in [0.29, 0.717) is 11.8 Å². The van der Waals surface area contributed by atoms with Crippen molar-refractivity contribution in [1.82, 2.24) is 0 Å². The zero-order chi connectivity index (χ0) is 9.16. The lowest BCUT2D eigenvalue weighted by atomic mass is 9.83. The first kappa shape index (κ1) is 7.83. The van der Waals surface area contributed by atoms with Gasteiger partial charge < -0.3 is 14.2 Å². The molecule has 3 rings (SSSR count). The summed E-state index contributed by atoms with van der Waals surface area (Å²) in [5, 5.41) is 0. The van der Waals surface area contributed by atoms with E-state index in [4.69, 9.17) is 14.2 Å². The van der Waals surface area contributed by atoms with Gasteiger partial charge in [0.15, 0.2) is 0 Å². The average Bonchev–Trinajstić information content (AvgIpc) is 2.25. The zero-order valence-corrected chi connectivity index (χ0v) is 7.90. The van der Waals surface area contributed by atoms with E-state index in [0.717, 1.165) is 5.76 Å². The lowest BCUT2D eigenvalue weighted by Gasteiger charge is -2.40. The van der Waals surface area contributed by atoms with Gasteiger partial charge in [-0.25, -0.2) is 0 Å². The van der Waals surface area contributed by atoms with Gasteiger partial charge in [-0.05, 0) is 0 Å². The van der Waals surface area contributed by atoms with E-state index in [1.165, 1.54) is 0 Å². The van der Waals surface area contributed by atoms with Crippen LogP contribution in [-0.4, -0.2) is 24.6 Å². The van der Waals surface area contributed by atoms with E-state index in [1.54, 1.807) is 0 Å². The smallest absolute Gasteiger partial charge is 0.226 e. The lowest BCUT2D eigenvalue weighted by molar-refractivity contribution is -0.194. The van der Waals surface area contributed by atoms with Crippen LogP contribution >= 0.6 is 0 Å². The van der Waals surface area contributed by atoms with Crippen LogP contribution in [0, 0.1) is 11.8 Å². The summed E-state index contributed by atoms with van der Waals surface area (Å²) in [6, 6.07) is 0. The Balaban J connectivity index is 2.02. The number of ether oxygens (including phenoxy) is 3. The highest BCUT2D eigenvalue weighted by Gasteiger charge is 2.57. The molecule has 0 radical (unpaired) electrons. The Morgan fingerprint density at radius 3 is 2.62 bits per heavy atom. The quantitative estimate of drug-likeness (QED) is 0.565. The molecule has 3 heterocycles. The molecular weight excluding hydrogens is 168 g/mol. The maximum atomic E-state index is 5.86. The first-order chi connectivity index (χ1) is 6.18. The molecule has 3 aliphatic heterocycles. The van der Waals surface area contributed by atoms with Crippen LogP contribution in [0.5, 0.6) is 0 Å².